The van der Waals surface area contributed by atoms with Gasteiger partial charge in [0, 0.05) is 49.3 Å². The topological polar surface area (TPSA) is 83.0 Å². The number of aromatic nitrogens is 1. The van der Waals surface area contributed by atoms with Gasteiger partial charge in [0.05, 0.1) is 31.0 Å². The van der Waals surface area contributed by atoms with Gasteiger partial charge in [0.15, 0.2) is 11.5 Å². The monoisotopic (exact) mass is 513 g/mol. The van der Waals surface area contributed by atoms with Crippen molar-refractivity contribution in [3.05, 3.63) is 66.4 Å². The maximum atomic E-state index is 11.5. The maximum absolute atomic E-state index is 11.5. The largest absolute Gasteiger partial charge is 0.496 e. The second-order valence-electron chi connectivity index (χ2n) is 9.55. The number of carbonyl (C=O) groups is 1. The lowest BCUT2D eigenvalue weighted by Gasteiger charge is -2.19. The van der Waals surface area contributed by atoms with Crippen molar-refractivity contribution >= 4 is 16.8 Å². The number of benzene rings is 3. The Hall–Kier alpha value is -4.17. The van der Waals surface area contributed by atoms with E-state index in [2.05, 4.69) is 51.7 Å². The third-order valence-electron chi connectivity index (χ3n) is 7.23. The average molecular weight is 514 g/mol. The number of amides is 1. The molecule has 0 bridgehead atoms. The van der Waals surface area contributed by atoms with Crippen molar-refractivity contribution in [1.82, 2.24) is 15.2 Å². The molecule has 1 atom stereocenters. The normalized spacial score (nSPS) is 16.5. The van der Waals surface area contributed by atoms with E-state index in [1.165, 1.54) is 0 Å². The summed E-state index contributed by atoms with van der Waals surface area (Å²) >= 11 is 0. The van der Waals surface area contributed by atoms with Crippen molar-refractivity contribution in [3.63, 3.8) is 0 Å². The first kappa shape index (κ1) is 24.2. The van der Waals surface area contributed by atoms with Crippen LogP contribution in [0.1, 0.15) is 18.4 Å². The number of fused-ring (bicyclic) bond motifs is 2. The number of hydrogen-bond donors (Lipinski definition) is 2. The Morgan fingerprint density at radius 3 is 2.53 bits per heavy atom. The molecule has 8 nitrogen and oxygen atoms in total. The summed E-state index contributed by atoms with van der Waals surface area (Å²) < 4.78 is 25.2. The summed E-state index contributed by atoms with van der Waals surface area (Å²) in [4.78, 5) is 11.5. The van der Waals surface area contributed by atoms with Gasteiger partial charge in [-0.3, -0.25) is 4.79 Å². The summed E-state index contributed by atoms with van der Waals surface area (Å²) in [6, 6.07) is 18.8. The number of carbonyl (C=O) groups excluding carboxylic acids is 1. The van der Waals surface area contributed by atoms with Crippen LogP contribution in [0.15, 0.2) is 60.8 Å². The Kier molecular flexibility index (Phi) is 6.55. The van der Waals surface area contributed by atoms with Crippen LogP contribution in [0, 0.1) is 0 Å². The first-order chi connectivity index (χ1) is 18.6. The van der Waals surface area contributed by atoms with Crippen LogP contribution >= 0.6 is 0 Å². The second kappa shape index (κ2) is 10.3. The Morgan fingerprint density at radius 1 is 1.00 bits per heavy atom. The Balaban J connectivity index is 1.32. The number of hydrogen-bond acceptors (Lipinski definition) is 6. The minimum atomic E-state index is 0.118. The van der Waals surface area contributed by atoms with E-state index in [4.69, 9.17) is 18.9 Å². The van der Waals surface area contributed by atoms with E-state index in [-0.39, 0.29) is 11.9 Å². The van der Waals surface area contributed by atoms with Gasteiger partial charge in [0.1, 0.15) is 24.7 Å². The first-order valence-electron chi connectivity index (χ1n) is 12.9. The Bertz CT molecular complexity index is 1470. The van der Waals surface area contributed by atoms with Gasteiger partial charge < -0.3 is 34.1 Å². The van der Waals surface area contributed by atoms with E-state index in [1.807, 2.05) is 24.3 Å². The third kappa shape index (κ3) is 4.52. The van der Waals surface area contributed by atoms with Gasteiger partial charge in [0.25, 0.3) is 0 Å². The van der Waals surface area contributed by atoms with E-state index in [1.54, 1.807) is 14.2 Å². The quantitative estimate of drug-likeness (QED) is 0.362. The van der Waals surface area contributed by atoms with Crippen LogP contribution in [-0.2, 0) is 11.3 Å². The fourth-order valence-corrected chi connectivity index (χ4v) is 5.34. The predicted molar refractivity (Wildman–Crippen MR) is 146 cm³/mol. The lowest BCUT2D eigenvalue weighted by atomic mass is 10.0. The van der Waals surface area contributed by atoms with Crippen molar-refractivity contribution < 1.29 is 23.7 Å². The molecule has 1 aromatic heterocycles. The molecule has 38 heavy (non-hydrogen) atoms. The highest BCUT2D eigenvalue weighted by atomic mass is 16.6. The molecule has 2 aliphatic heterocycles. The zero-order valence-electron chi connectivity index (χ0n) is 21.6. The van der Waals surface area contributed by atoms with Crippen LogP contribution in [0.2, 0.25) is 0 Å². The van der Waals surface area contributed by atoms with Crippen LogP contribution in [0.3, 0.4) is 0 Å². The fourth-order valence-electron chi connectivity index (χ4n) is 5.34. The summed E-state index contributed by atoms with van der Waals surface area (Å²) in [7, 11) is 3.35. The minimum absolute atomic E-state index is 0.118. The second-order valence-corrected chi connectivity index (χ2v) is 9.55. The van der Waals surface area contributed by atoms with Crippen molar-refractivity contribution in [2.24, 2.45) is 0 Å². The van der Waals surface area contributed by atoms with Gasteiger partial charge in [-0.1, -0.05) is 18.2 Å². The summed E-state index contributed by atoms with van der Waals surface area (Å²) in [6.45, 7) is 2.40. The molecule has 6 rings (SSSR count). The van der Waals surface area contributed by atoms with Crippen LogP contribution in [-0.4, -0.2) is 50.5 Å². The third-order valence-corrected chi connectivity index (χ3v) is 7.23. The number of methoxy groups -OCH3 is 2. The Labute approximate surface area is 221 Å². The lowest BCUT2D eigenvalue weighted by molar-refractivity contribution is -0.119. The number of nitrogens with zero attached hydrogens (tertiary/aromatic N) is 1. The molecule has 0 spiro atoms. The average Bonchev–Trinajstić information content (AvgIpc) is 3.58. The van der Waals surface area contributed by atoms with E-state index in [0.29, 0.717) is 32.7 Å². The molecule has 0 aliphatic carbocycles. The number of ether oxygens (including phenoxy) is 4. The van der Waals surface area contributed by atoms with Crippen LogP contribution in [0.25, 0.3) is 27.7 Å². The van der Waals surface area contributed by atoms with Gasteiger partial charge >= 0.3 is 0 Å². The molecule has 3 aromatic carbocycles. The minimum Gasteiger partial charge on any atom is -0.496 e. The Morgan fingerprint density at radius 2 is 1.79 bits per heavy atom. The van der Waals surface area contributed by atoms with Crippen molar-refractivity contribution in [1.29, 1.82) is 0 Å². The molecular formula is C30H31N3O5. The molecule has 2 aliphatic rings. The molecule has 0 unspecified atom stereocenters. The van der Waals surface area contributed by atoms with Crippen LogP contribution in [0.4, 0.5) is 0 Å². The van der Waals surface area contributed by atoms with Crippen molar-refractivity contribution in [2.75, 3.05) is 34.0 Å². The molecule has 196 valence electrons. The van der Waals surface area contributed by atoms with Crippen molar-refractivity contribution in [2.45, 2.75) is 25.4 Å². The molecule has 0 saturated carbocycles. The summed E-state index contributed by atoms with van der Waals surface area (Å²) in [5, 5.41) is 7.57. The van der Waals surface area contributed by atoms with Gasteiger partial charge in [0.2, 0.25) is 5.91 Å². The van der Waals surface area contributed by atoms with Gasteiger partial charge in [-0.15, -0.1) is 0 Å². The van der Waals surface area contributed by atoms with E-state index in [0.717, 1.165) is 62.7 Å². The molecule has 1 amide bonds. The molecule has 4 aromatic rings. The summed E-state index contributed by atoms with van der Waals surface area (Å²) in [5.74, 6) is 3.16. The molecular weight excluding hydrogens is 482 g/mol. The summed E-state index contributed by atoms with van der Waals surface area (Å²) in [6.07, 6.45) is 3.52. The smallest absolute Gasteiger partial charge is 0.220 e. The van der Waals surface area contributed by atoms with E-state index < -0.39 is 0 Å². The lowest BCUT2D eigenvalue weighted by Crippen LogP contribution is -2.35. The van der Waals surface area contributed by atoms with E-state index >= 15 is 0 Å². The molecule has 1 saturated heterocycles. The molecule has 1 fully saturated rings. The first-order valence-corrected chi connectivity index (χ1v) is 12.9. The number of nitrogens with one attached hydrogen (secondary N) is 2. The van der Waals surface area contributed by atoms with Crippen LogP contribution in [0.5, 0.6) is 23.0 Å². The predicted octanol–water partition coefficient (Wildman–Crippen LogP) is 4.45. The van der Waals surface area contributed by atoms with Gasteiger partial charge in [-0.2, -0.15) is 0 Å². The molecule has 2 N–H and O–H groups in total. The molecule has 3 heterocycles. The highest BCUT2D eigenvalue weighted by molar-refractivity contribution is 5.96. The molecule has 8 heteroatoms. The molecule has 0 radical (unpaired) electrons. The summed E-state index contributed by atoms with van der Waals surface area (Å²) in [5.41, 5.74) is 5.16. The van der Waals surface area contributed by atoms with E-state index in [9.17, 15) is 4.79 Å². The maximum Gasteiger partial charge on any atom is 0.220 e. The van der Waals surface area contributed by atoms with Crippen molar-refractivity contribution in [3.8, 4) is 39.8 Å². The van der Waals surface area contributed by atoms with Gasteiger partial charge in [-0.25, -0.2) is 0 Å². The zero-order valence-corrected chi connectivity index (χ0v) is 21.6. The van der Waals surface area contributed by atoms with Gasteiger partial charge in [-0.05, 0) is 41.8 Å². The van der Waals surface area contributed by atoms with Crippen LogP contribution < -0.4 is 29.6 Å². The zero-order chi connectivity index (χ0) is 26.1. The number of rotatable bonds is 8. The highest BCUT2D eigenvalue weighted by Gasteiger charge is 2.21. The standard InChI is InChI=1S/C30H31N3O5/c1-35-27-15-21(16-28(36-2)24(27)18-31-17-20-7-9-30(34)32-20)33-11-10-23-22(4-3-5-25(23)33)19-6-8-26-29(14-19)38-13-12-37-26/h3-6,8,10-11,14-16,20,31H,7,9,12-13,17-18H2,1-2H3,(H,32,34)/t20-/m0/s1. The fraction of sp³-hybridized carbons (Fsp3) is 0.300. The SMILES string of the molecule is COc1cc(-n2ccc3c(-c4ccc5c(c4)OCCO5)cccc32)cc(OC)c1CNC[C@@H]1CCC(=O)N1. The highest BCUT2D eigenvalue weighted by Crippen LogP contribution is 2.39.